The van der Waals surface area contributed by atoms with Gasteiger partial charge in [-0.1, -0.05) is 283 Å². The molecule has 570 valence electrons. The molecule has 0 saturated carbocycles. The van der Waals surface area contributed by atoms with Gasteiger partial charge >= 0.3 is 0 Å². The van der Waals surface area contributed by atoms with E-state index >= 15 is 0 Å². The van der Waals surface area contributed by atoms with E-state index < -0.39 is 0 Å². The van der Waals surface area contributed by atoms with Gasteiger partial charge in [0.1, 0.15) is 45.6 Å². The van der Waals surface area contributed by atoms with Crippen molar-refractivity contribution < 1.29 is 18.9 Å². The van der Waals surface area contributed by atoms with Gasteiger partial charge in [0.2, 0.25) is 0 Å². The maximum atomic E-state index is 6.51. The van der Waals surface area contributed by atoms with Crippen LogP contribution in [0.2, 0.25) is 0 Å². The number of nitrogens with one attached hydrogen (secondary N) is 2. The van der Waals surface area contributed by atoms with Crippen molar-refractivity contribution in [3.8, 4) is 68.5 Å². The minimum atomic E-state index is 0.549. The predicted octanol–water partition coefficient (Wildman–Crippen LogP) is 28.7. The van der Waals surface area contributed by atoms with E-state index in [9.17, 15) is 0 Å². The monoisotopic (exact) mass is 1450 g/mol. The van der Waals surface area contributed by atoms with Crippen molar-refractivity contribution in [1.82, 2.24) is 39.9 Å². The summed E-state index contributed by atoms with van der Waals surface area (Å²) in [7, 11) is 0. The molecule has 0 aliphatic carbocycles. The van der Waals surface area contributed by atoms with Gasteiger partial charge in [0.25, 0.3) is 0 Å². The van der Waals surface area contributed by atoms with E-state index in [2.05, 4.69) is 159 Å². The summed E-state index contributed by atoms with van der Waals surface area (Å²) in [6.45, 7) is 11.9. The van der Waals surface area contributed by atoms with E-state index in [0.717, 1.165) is 136 Å². The molecule has 2 N–H and O–H groups in total. The molecule has 12 nitrogen and oxygen atoms in total. The topological polar surface area (TPSA) is 146 Å². The van der Waals surface area contributed by atoms with Gasteiger partial charge < -0.3 is 28.9 Å². The first kappa shape index (κ1) is 77.5. The molecule has 8 bridgehead atoms. The van der Waals surface area contributed by atoms with Gasteiger partial charge in [-0.15, -0.1) is 0 Å². The van der Waals surface area contributed by atoms with Crippen molar-refractivity contribution in [2.75, 3.05) is 26.4 Å². The van der Waals surface area contributed by atoms with Crippen molar-refractivity contribution in [2.24, 2.45) is 0 Å². The van der Waals surface area contributed by atoms with Crippen molar-refractivity contribution in [3.05, 3.63) is 121 Å². The van der Waals surface area contributed by atoms with Crippen molar-refractivity contribution in [1.29, 1.82) is 0 Å². The van der Waals surface area contributed by atoms with E-state index in [4.69, 9.17) is 48.9 Å². The summed E-state index contributed by atoms with van der Waals surface area (Å²) in [4.78, 5) is 40.9. The Kier molecular flexibility index (Phi) is 29.2. The average molecular weight is 1450 g/mol. The summed E-state index contributed by atoms with van der Waals surface area (Å²) >= 11 is 0. The van der Waals surface area contributed by atoms with Gasteiger partial charge in [0.15, 0.2) is 23.3 Å². The Balaban J connectivity index is 0.877. The second-order valence-electron chi connectivity index (χ2n) is 31.4. The Morgan fingerprint density at radius 3 is 0.639 bits per heavy atom. The van der Waals surface area contributed by atoms with Crippen LogP contribution in [-0.4, -0.2) is 66.3 Å². The summed E-state index contributed by atoms with van der Waals surface area (Å²) in [5.41, 5.74) is 6.09. The molecule has 5 heterocycles. The van der Waals surface area contributed by atoms with Gasteiger partial charge in [-0.05, 0) is 166 Å². The van der Waals surface area contributed by atoms with Crippen LogP contribution in [0.1, 0.15) is 285 Å². The zero-order valence-corrected chi connectivity index (χ0v) is 66.0. The molecular formula is C96H122N8O4. The molecule has 0 radical (unpaired) electrons. The van der Waals surface area contributed by atoms with Crippen LogP contribution in [0.4, 0.5) is 0 Å². The highest BCUT2D eigenvalue weighted by atomic mass is 16.5. The summed E-state index contributed by atoms with van der Waals surface area (Å²) in [6, 6.07) is 43.6. The van der Waals surface area contributed by atoms with Crippen LogP contribution in [0.5, 0.6) is 23.0 Å². The average Bonchev–Trinajstić information content (AvgIpc) is 1.58. The largest absolute Gasteiger partial charge is 0.494 e. The number of unbranched alkanes of at least 4 members (excludes halogenated alkanes) is 36. The molecule has 3 aromatic heterocycles. The summed E-state index contributed by atoms with van der Waals surface area (Å²) < 4.78 is 26.1. The van der Waals surface area contributed by atoms with Crippen LogP contribution >= 0.6 is 0 Å². The van der Waals surface area contributed by atoms with Gasteiger partial charge in [-0.3, -0.25) is 0 Å². The Morgan fingerprint density at radius 2 is 0.398 bits per heavy atom. The fourth-order valence-electron chi connectivity index (χ4n) is 16.2. The molecule has 12 heteroatoms. The van der Waals surface area contributed by atoms with E-state index in [0.29, 0.717) is 72.3 Å². The third-order valence-electron chi connectivity index (χ3n) is 22.6. The number of aromatic amines is 2. The summed E-state index contributed by atoms with van der Waals surface area (Å²) in [5.74, 6) is 5.65. The number of ether oxygens (including phenoxy) is 4. The zero-order valence-electron chi connectivity index (χ0n) is 66.0. The molecule has 2 aliphatic heterocycles. The maximum Gasteiger partial charge on any atom is 0.164 e. The van der Waals surface area contributed by atoms with Crippen molar-refractivity contribution in [2.45, 2.75) is 285 Å². The van der Waals surface area contributed by atoms with E-state index in [1.54, 1.807) is 0 Å². The van der Waals surface area contributed by atoms with Crippen molar-refractivity contribution in [3.63, 3.8) is 0 Å². The molecule has 0 unspecified atom stereocenters. The summed E-state index contributed by atoms with van der Waals surface area (Å²) in [6.07, 6.45) is 51.3. The highest BCUT2D eigenvalue weighted by Gasteiger charge is 2.25. The number of benzene rings is 8. The zero-order chi connectivity index (χ0) is 73.9. The molecule has 11 aromatic rings. The van der Waals surface area contributed by atoms with E-state index in [1.807, 2.05) is 0 Å². The Bertz CT molecular complexity index is 4590. The summed E-state index contributed by atoms with van der Waals surface area (Å²) in [5, 5.41) is 12.1. The van der Waals surface area contributed by atoms with Gasteiger partial charge in [0.05, 0.1) is 26.4 Å². The Morgan fingerprint density at radius 1 is 0.204 bits per heavy atom. The molecule has 108 heavy (non-hydrogen) atoms. The fraction of sp³-hybridized carbons (Fsp3) is 0.500. The van der Waals surface area contributed by atoms with Crippen LogP contribution in [0.25, 0.3) is 133 Å². The van der Waals surface area contributed by atoms with Crippen LogP contribution in [0.3, 0.4) is 0 Å². The quantitative estimate of drug-likeness (QED) is 0.0354. The SMILES string of the molecule is CCCCCCCCCCCCOc1ccc2cc3c(cc2c1)-c1nc-3nc2[nH]c(nc3nc(nc4[nH]c(n1)c1cc5ccc(OCCCCCCCCCCCC)cc5cc41)-c1cc4ccc(OCCCCCCCCCCCC)cc4cc1-3)c1cc3ccc(OCCCCCCCCCCCC)cc3cc21. The number of nitrogens with zero attached hydrogens (tertiary/aromatic N) is 6. The van der Waals surface area contributed by atoms with E-state index in [-0.39, 0.29) is 0 Å². The lowest BCUT2D eigenvalue weighted by Crippen LogP contribution is -1.97. The third kappa shape index (κ3) is 21.0. The molecule has 0 fully saturated rings. The first-order valence-corrected chi connectivity index (χ1v) is 43.1. The number of hydrogen-bond acceptors (Lipinski definition) is 10. The van der Waals surface area contributed by atoms with Gasteiger partial charge in [-0.2, -0.15) is 0 Å². The lowest BCUT2D eigenvalue weighted by Gasteiger charge is -2.09. The number of hydrogen-bond donors (Lipinski definition) is 2. The molecule has 0 saturated heterocycles. The predicted molar refractivity (Wildman–Crippen MR) is 455 cm³/mol. The number of fused-ring (bicyclic) bond motifs is 24. The minimum absolute atomic E-state index is 0.549. The first-order valence-electron chi connectivity index (χ1n) is 43.1. The minimum Gasteiger partial charge on any atom is -0.494 e. The third-order valence-corrected chi connectivity index (χ3v) is 22.6. The van der Waals surface area contributed by atoms with Crippen LogP contribution in [0, 0.1) is 0 Å². The van der Waals surface area contributed by atoms with Gasteiger partial charge in [0, 0.05) is 43.8 Å². The number of H-pyrrole nitrogens is 2. The van der Waals surface area contributed by atoms with Gasteiger partial charge in [-0.25, -0.2) is 29.9 Å². The lowest BCUT2D eigenvalue weighted by atomic mass is 10.0. The first-order chi connectivity index (χ1) is 53.4. The number of rotatable bonds is 48. The molecule has 0 spiro atoms. The Hall–Kier alpha value is -8.64. The maximum absolute atomic E-state index is 6.51. The highest BCUT2D eigenvalue weighted by Crippen LogP contribution is 2.43. The second kappa shape index (κ2) is 40.7. The molecular weight excluding hydrogens is 1330 g/mol. The number of aromatic nitrogens is 8. The normalized spacial score (nSPS) is 12.0. The van der Waals surface area contributed by atoms with Crippen LogP contribution in [0.15, 0.2) is 121 Å². The standard InChI is InChI=1S/C96H122N8O4/c1-5-9-13-17-21-25-29-33-37-41-53-105-77-49-45-69-61-81-85(65-73(69)57-77)93-97-89(81)102-94-87-67-75-59-79(107-55-43-39-35-31-27-23-19-15-11-7-3)51-47-71(75)63-83(87)91(99-94)104-96-88-68-76-60-80(108-56-44-40-36-32-28-24-20-16-12-8-4)52-48-72(76)64-84(88)92(100-96)103-95-86-66-74-58-78(50-46-70(74)62-82(86)90(98-95)101-93)106-54-42-38-34-30-26-22-18-14-10-6-2/h45-52,57-68H,5-44,53-56H2,1-4H3,(H2,97,98,99,100,101,102,103,104). The molecule has 13 rings (SSSR count). The molecule has 2 aliphatic rings. The second-order valence-corrected chi connectivity index (χ2v) is 31.4. The highest BCUT2D eigenvalue weighted by molar-refractivity contribution is 6.13. The van der Waals surface area contributed by atoms with Crippen molar-refractivity contribution >= 4 is 87.2 Å². The van der Waals surface area contributed by atoms with E-state index in [1.165, 1.54) is 231 Å². The molecule has 8 aromatic carbocycles. The van der Waals surface area contributed by atoms with Crippen LogP contribution < -0.4 is 18.9 Å². The fourth-order valence-corrected chi connectivity index (χ4v) is 16.2. The smallest absolute Gasteiger partial charge is 0.164 e. The lowest BCUT2D eigenvalue weighted by molar-refractivity contribution is 0.304. The Labute approximate surface area is 643 Å². The molecule has 0 amide bonds. The van der Waals surface area contributed by atoms with Crippen LogP contribution in [-0.2, 0) is 0 Å². The molecule has 0 atom stereocenters.